The summed E-state index contributed by atoms with van der Waals surface area (Å²) in [5.74, 6) is -3.34. The Morgan fingerprint density at radius 1 is 1.03 bits per heavy atom. The number of thioether (sulfide) groups is 1. The van der Waals surface area contributed by atoms with Gasteiger partial charge in [-0.2, -0.15) is 13.2 Å². The van der Waals surface area contributed by atoms with Gasteiger partial charge in [-0.05, 0) is 47.7 Å². The topological polar surface area (TPSA) is 131 Å². The number of nitrogens with one attached hydrogen (secondary N) is 1. The number of carboxylic acids is 1. The van der Waals surface area contributed by atoms with E-state index in [2.05, 4.69) is 4.74 Å². The summed E-state index contributed by atoms with van der Waals surface area (Å²) in [6.07, 6.45) is -8.14. The van der Waals surface area contributed by atoms with E-state index in [0.717, 1.165) is 23.5 Å². The Morgan fingerprint density at radius 3 is 2.05 bits per heavy atom. The molecule has 2 aromatic carbocycles. The van der Waals surface area contributed by atoms with Crippen LogP contribution in [-0.4, -0.2) is 44.1 Å². The number of thiophene rings is 1. The minimum atomic E-state index is -5.08. The first kappa shape index (κ1) is 30.0. The van der Waals surface area contributed by atoms with Crippen molar-refractivity contribution in [2.45, 2.75) is 26.5 Å². The number of carboxylic acid groups (broad SMARTS) is 1. The number of aliphatic carboxylic acids is 1. The molecule has 200 valence electrons. The molecule has 3 rings (SSSR count). The number of halogens is 6. The Morgan fingerprint density at radius 2 is 1.59 bits per heavy atom. The van der Waals surface area contributed by atoms with Crippen LogP contribution in [0.4, 0.5) is 26.3 Å². The van der Waals surface area contributed by atoms with E-state index in [1.807, 2.05) is 0 Å². The predicted octanol–water partition coefficient (Wildman–Crippen LogP) is 5.79. The van der Waals surface area contributed by atoms with E-state index in [1.165, 1.54) is 42.1 Å². The molecule has 0 radical (unpaired) electrons. The Kier molecular flexibility index (Phi) is 9.27. The molecule has 7 nitrogen and oxygen atoms in total. The lowest BCUT2D eigenvalue weighted by atomic mass is 10.1. The van der Waals surface area contributed by atoms with Crippen LogP contribution in [0.3, 0.4) is 0 Å². The number of ether oxygens (including phenoxy) is 1. The number of sulfone groups is 1. The maximum absolute atomic E-state index is 13.2. The fourth-order valence-corrected chi connectivity index (χ4v) is 6.54. The molecule has 0 atom stereocenters. The summed E-state index contributed by atoms with van der Waals surface area (Å²) in [4.78, 5) is 9.34. The smallest absolute Gasteiger partial charge is 0.475 e. The quantitative estimate of drug-likeness (QED) is 0.144. The summed E-state index contributed by atoms with van der Waals surface area (Å²) in [5, 5.41) is 14.7. The molecule has 1 aromatic heterocycles. The van der Waals surface area contributed by atoms with Gasteiger partial charge in [0.25, 0.3) is 0 Å². The maximum atomic E-state index is 13.2. The molecule has 16 heteroatoms. The second-order valence-electron chi connectivity index (χ2n) is 6.79. The van der Waals surface area contributed by atoms with Crippen molar-refractivity contribution in [1.82, 2.24) is 0 Å². The molecule has 0 amide bonds. The van der Waals surface area contributed by atoms with Crippen molar-refractivity contribution in [2.75, 3.05) is 6.26 Å². The number of carbonyl (C=O) groups is 1. The van der Waals surface area contributed by atoms with E-state index in [-0.39, 0.29) is 21.4 Å². The number of rotatable bonds is 6. The monoisotopic (exact) mass is 586 g/mol. The molecule has 0 saturated heterocycles. The molecule has 1 heterocycles. The summed E-state index contributed by atoms with van der Waals surface area (Å²) >= 11 is 2.37. The Hall–Kier alpha value is -3.24. The van der Waals surface area contributed by atoms with Crippen LogP contribution in [0.25, 0.3) is 11.1 Å². The first-order valence-electron chi connectivity index (χ1n) is 9.49. The summed E-state index contributed by atoms with van der Waals surface area (Å²) < 4.78 is 99.4. The number of nitrogen functional groups attached to an aromatic ring is 1. The zero-order valence-corrected chi connectivity index (χ0v) is 20.8. The van der Waals surface area contributed by atoms with E-state index >= 15 is 0 Å². The van der Waals surface area contributed by atoms with Crippen LogP contribution in [0.15, 0.2) is 68.6 Å². The van der Waals surface area contributed by atoms with E-state index in [1.54, 1.807) is 18.4 Å². The Labute approximate surface area is 214 Å². The number of hydrogen-bond acceptors (Lipinski definition) is 7. The molecular formula is C21H16F6N2O5S3. The number of alkyl halides is 6. The molecule has 0 spiro atoms. The molecule has 37 heavy (non-hydrogen) atoms. The van der Waals surface area contributed by atoms with Gasteiger partial charge in [0, 0.05) is 0 Å². The van der Waals surface area contributed by atoms with Gasteiger partial charge in [-0.1, -0.05) is 24.3 Å². The molecule has 0 unspecified atom stereocenters. The zero-order chi connectivity index (χ0) is 28.2. The van der Waals surface area contributed by atoms with Crippen LogP contribution in [0, 0.1) is 5.41 Å². The van der Waals surface area contributed by atoms with Gasteiger partial charge in [-0.3, -0.25) is 5.41 Å². The van der Waals surface area contributed by atoms with Gasteiger partial charge in [0.05, 0.1) is 18.9 Å². The van der Waals surface area contributed by atoms with Crippen molar-refractivity contribution in [3.8, 4) is 16.9 Å². The summed E-state index contributed by atoms with van der Waals surface area (Å²) in [6, 6.07) is 12.6. The van der Waals surface area contributed by atoms with Gasteiger partial charge < -0.3 is 15.6 Å². The number of nitrogens with two attached hydrogens (primary N) is 1. The van der Waals surface area contributed by atoms with Gasteiger partial charge in [-0.25, -0.2) is 13.2 Å². The number of amidine groups is 1. The van der Waals surface area contributed by atoms with Gasteiger partial charge in [0.1, 0.15) is 11.6 Å². The van der Waals surface area contributed by atoms with E-state index in [9.17, 15) is 34.8 Å². The second-order valence-corrected chi connectivity index (χ2v) is 10.8. The molecule has 0 aliphatic rings. The fraction of sp³-hybridized carbons (Fsp3) is 0.143. The first-order valence-corrected chi connectivity index (χ1v) is 13.0. The third-order valence-corrected chi connectivity index (χ3v) is 8.55. The lowest BCUT2D eigenvalue weighted by Gasteiger charge is -2.10. The highest BCUT2D eigenvalue weighted by atomic mass is 32.2. The van der Waals surface area contributed by atoms with Crippen LogP contribution >= 0.6 is 23.1 Å². The molecule has 0 saturated carbocycles. The largest absolute Gasteiger partial charge is 0.573 e. The minimum Gasteiger partial charge on any atom is -0.475 e. The van der Waals surface area contributed by atoms with Crippen molar-refractivity contribution in [1.29, 1.82) is 5.41 Å². The lowest BCUT2D eigenvalue weighted by molar-refractivity contribution is -0.274. The maximum Gasteiger partial charge on any atom is 0.573 e. The number of hydrogen-bond donors (Lipinski definition) is 3. The van der Waals surface area contributed by atoms with E-state index < -0.39 is 28.3 Å². The summed E-state index contributed by atoms with van der Waals surface area (Å²) in [6.45, 7) is 0. The van der Waals surface area contributed by atoms with Crippen molar-refractivity contribution in [3.63, 3.8) is 0 Å². The fourth-order valence-electron chi connectivity index (χ4n) is 2.64. The highest BCUT2D eigenvalue weighted by Crippen LogP contribution is 2.37. The second kappa shape index (κ2) is 11.4. The van der Waals surface area contributed by atoms with Gasteiger partial charge >= 0.3 is 18.5 Å². The van der Waals surface area contributed by atoms with Crippen LogP contribution in [-0.2, 0) is 14.6 Å². The first-order chi connectivity index (χ1) is 17.0. The van der Waals surface area contributed by atoms with Crippen molar-refractivity contribution < 1.29 is 49.4 Å². The number of benzene rings is 2. The van der Waals surface area contributed by atoms with Crippen molar-refractivity contribution in [2.24, 2.45) is 5.73 Å². The van der Waals surface area contributed by atoms with Crippen LogP contribution < -0.4 is 10.5 Å². The van der Waals surface area contributed by atoms with Gasteiger partial charge in [0.15, 0.2) is 0 Å². The van der Waals surface area contributed by atoms with E-state index in [4.69, 9.17) is 21.0 Å². The molecule has 4 N–H and O–H groups in total. The highest BCUT2D eigenvalue weighted by Gasteiger charge is 2.38. The molecule has 0 aliphatic carbocycles. The molecule has 0 aliphatic heterocycles. The SMILES string of the molecule is CSc1sc(C(=N)N)cc1S(=O)(=O)c1cccc(-c2ccc(OC(F)(F)F)cc2)c1.O=C(O)C(F)(F)F. The normalized spacial score (nSPS) is 11.9. The summed E-state index contributed by atoms with van der Waals surface area (Å²) in [7, 11) is -3.89. The van der Waals surface area contributed by atoms with Gasteiger partial charge in [0.2, 0.25) is 9.84 Å². The standard InChI is InChI=1S/C19H15F3N2O3S3.C2HF3O2/c1-28-18-16(10-15(29-18)17(23)24)30(25,26)14-4-2-3-12(9-14)11-5-7-13(8-6-11)27-19(20,21)22;3-2(4,5)1(6)7/h2-10H,1H3,(H3,23,24);(H,6,7). The van der Waals surface area contributed by atoms with E-state index in [0.29, 0.717) is 20.2 Å². The average molecular weight is 587 g/mol. The molecule has 0 fully saturated rings. The molecule has 0 bridgehead atoms. The van der Waals surface area contributed by atoms with Crippen LogP contribution in [0.5, 0.6) is 5.75 Å². The molecular weight excluding hydrogens is 570 g/mol. The molecule has 3 aromatic rings. The summed E-state index contributed by atoms with van der Waals surface area (Å²) in [5.41, 5.74) is 6.54. The average Bonchev–Trinajstić information content (AvgIpc) is 3.24. The van der Waals surface area contributed by atoms with Crippen LogP contribution in [0.1, 0.15) is 4.88 Å². The Bertz CT molecular complexity index is 1380. The zero-order valence-electron chi connectivity index (χ0n) is 18.3. The third-order valence-electron chi connectivity index (χ3n) is 4.21. The Balaban J connectivity index is 0.000000604. The third kappa shape index (κ3) is 8.13. The van der Waals surface area contributed by atoms with Crippen molar-refractivity contribution in [3.05, 3.63) is 59.5 Å². The lowest BCUT2D eigenvalue weighted by Crippen LogP contribution is -2.21. The van der Waals surface area contributed by atoms with Crippen molar-refractivity contribution >= 4 is 44.7 Å². The predicted molar refractivity (Wildman–Crippen MR) is 125 cm³/mol. The minimum absolute atomic E-state index is 0.0267. The van der Waals surface area contributed by atoms with Crippen LogP contribution in [0.2, 0.25) is 0 Å². The van der Waals surface area contributed by atoms with Gasteiger partial charge in [-0.15, -0.1) is 36.3 Å². The highest BCUT2D eigenvalue weighted by molar-refractivity contribution is 8.01.